The van der Waals surface area contributed by atoms with E-state index in [0.29, 0.717) is 32.4 Å². The van der Waals surface area contributed by atoms with Crippen LogP contribution in [0.3, 0.4) is 0 Å². The first-order valence-electron chi connectivity index (χ1n) is 7.92. The van der Waals surface area contributed by atoms with Crippen molar-refractivity contribution in [2.75, 3.05) is 13.2 Å². The Morgan fingerprint density at radius 1 is 1.22 bits per heavy atom. The highest BCUT2D eigenvalue weighted by molar-refractivity contribution is 9.10. The highest BCUT2D eigenvalue weighted by atomic mass is 79.9. The number of ether oxygens (including phenoxy) is 1. The second-order valence-corrected chi connectivity index (χ2v) is 6.95. The van der Waals surface area contributed by atoms with E-state index in [1.165, 1.54) is 6.21 Å². The van der Waals surface area contributed by atoms with Gasteiger partial charge in [0.1, 0.15) is 0 Å². The smallest absolute Gasteiger partial charge is 0.259 e. The number of carbonyl (C=O) groups is 2. The van der Waals surface area contributed by atoms with Crippen molar-refractivity contribution in [2.45, 2.75) is 6.92 Å². The Kier molecular flexibility index (Phi) is 7.81. The van der Waals surface area contributed by atoms with Crippen LogP contribution in [0.1, 0.15) is 22.8 Å². The summed E-state index contributed by atoms with van der Waals surface area (Å²) >= 11 is 6.51. The van der Waals surface area contributed by atoms with Gasteiger partial charge in [-0.1, -0.05) is 12.1 Å². The predicted octanol–water partition coefficient (Wildman–Crippen LogP) is 3.20. The molecule has 2 rings (SSSR count). The van der Waals surface area contributed by atoms with Crippen LogP contribution < -0.4 is 15.5 Å². The monoisotopic (exact) mass is 497 g/mol. The lowest BCUT2D eigenvalue weighted by molar-refractivity contribution is -0.120. The summed E-state index contributed by atoms with van der Waals surface area (Å²) in [4.78, 5) is 23.9. The van der Waals surface area contributed by atoms with Crippen molar-refractivity contribution in [3.63, 3.8) is 0 Å². The third kappa shape index (κ3) is 6.07. The fourth-order valence-corrected chi connectivity index (χ4v) is 2.98. The van der Waals surface area contributed by atoms with E-state index >= 15 is 0 Å². The van der Waals surface area contributed by atoms with E-state index in [0.717, 1.165) is 0 Å². The largest absolute Gasteiger partial charge is 0.503 e. The van der Waals surface area contributed by atoms with Crippen molar-refractivity contribution in [1.29, 1.82) is 0 Å². The summed E-state index contributed by atoms with van der Waals surface area (Å²) in [6.07, 6.45) is 1.40. The molecule has 0 heterocycles. The fourth-order valence-electron chi connectivity index (χ4n) is 2.05. The predicted molar refractivity (Wildman–Crippen MR) is 109 cm³/mol. The van der Waals surface area contributed by atoms with Gasteiger partial charge in [0.15, 0.2) is 11.5 Å². The van der Waals surface area contributed by atoms with Gasteiger partial charge in [-0.2, -0.15) is 5.10 Å². The van der Waals surface area contributed by atoms with E-state index in [1.54, 1.807) is 43.3 Å². The third-order valence-electron chi connectivity index (χ3n) is 3.28. The number of phenols is 1. The Labute approximate surface area is 173 Å². The van der Waals surface area contributed by atoms with E-state index in [4.69, 9.17) is 4.74 Å². The van der Waals surface area contributed by atoms with Gasteiger partial charge in [-0.05, 0) is 68.6 Å². The zero-order valence-corrected chi connectivity index (χ0v) is 17.5. The SMILES string of the molecule is CCOc1cc(C=NNC(=O)CNC(=O)c2ccccc2Br)cc(Br)c1O. The Balaban J connectivity index is 1.90. The average molecular weight is 499 g/mol. The molecule has 2 amide bonds. The molecule has 0 saturated carbocycles. The van der Waals surface area contributed by atoms with Gasteiger partial charge in [0.05, 0.1) is 29.4 Å². The maximum Gasteiger partial charge on any atom is 0.259 e. The molecule has 0 unspecified atom stereocenters. The number of halogens is 2. The summed E-state index contributed by atoms with van der Waals surface area (Å²) in [5, 5.41) is 16.2. The molecule has 142 valence electrons. The standard InChI is InChI=1S/C18H17Br2N3O4/c1-2-27-15-8-11(7-14(20)17(15)25)9-22-23-16(24)10-21-18(26)12-5-3-4-6-13(12)19/h3-9,25H,2,10H2,1H3,(H,21,26)(H,23,24). The van der Waals surface area contributed by atoms with Crippen molar-refractivity contribution in [3.8, 4) is 11.5 Å². The lowest BCUT2D eigenvalue weighted by Crippen LogP contribution is -2.35. The van der Waals surface area contributed by atoms with Gasteiger partial charge in [-0.15, -0.1) is 0 Å². The number of carbonyl (C=O) groups excluding carboxylic acids is 2. The van der Waals surface area contributed by atoms with Crippen LogP contribution in [0.2, 0.25) is 0 Å². The number of rotatable bonds is 7. The van der Waals surface area contributed by atoms with Crippen LogP contribution in [-0.2, 0) is 4.79 Å². The van der Waals surface area contributed by atoms with Crippen molar-refractivity contribution in [2.24, 2.45) is 5.10 Å². The Morgan fingerprint density at radius 3 is 2.67 bits per heavy atom. The highest BCUT2D eigenvalue weighted by Gasteiger charge is 2.11. The number of nitrogens with zero attached hydrogens (tertiary/aromatic N) is 1. The Bertz CT molecular complexity index is 872. The topological polar surface area (TPSA) is 100 Å². The van der Waals surface area contributed by atoms with Crippen molar-refractivity contribution in [1.82, 2.24) is 10.7 Å². The maximum absolute atomic E-state index is 12.0. The van der Waals surface area contributed by atoms with Crippen molar-refractivity contribution in [3.05, 3.63) is 56.5 Å². The van der Waals surface area contributed by atoms with Crippen LogP contribution in [-0.4, -0.2) is 36.3 Å². The number of nitrogens with one attached hydrogen (secondary N) is 2. The number of hydrogen-bond acceptors (Lipinski definition) is 5. The maximum atomic E-state index is 12.0. The zero-order valence-electron chi connectivity index (χ0n) is 14.3. The van der Waals surface area contributed by atoms with Crippen LogP contribution in [0.5, 0.6) is 11.5 Å². The van der Waals surface area contributed by atoms with Crippen LogP contribution in [0.4, 0.5) is 0 Å². The number of benzene rings is 2. The van der Waals surface area contributed by atoms with E-state index in [2.05, 4.69) is 47.7 Å². The molecule has 0 fully saturated rings. The molecular weight excluding hydrogens is 482 g/mol. The van der Waals surface area contributed by atoms with Gasteiger partial charge in [-0.3, -0.25) is 9.59 Å². The molecule has 0 aromatic heterocycles. The molecule has 2 aromatic carbocycles. The molecular formula is C18H17Br2N3O4. The molecule has 0 bridgehead atoms. The molecule has 27 heavy (non-hydrogen) atoms. The van der Waals surface area contributed by atoms with Crippen LogP contribution in [0.25, 0.3) is 0 Å². The number of hydrogen-bond donors (Lipinski definition) is 3. The first-order chi connectivity index (χ1) is 12.9. The summed E-state index contributed by atoms with van der Waals surface area (Å²) in [6.45, 7) is 1.98. The van der Waals surface area contributed by atoms with Crippen LogP contribution in [0, 0.1) is 0 Å². The second kappa shape index (κ2) is 10.1. The summed E-state index contributed by atoms with van der Waals surface area (Å²) < 4.78 is 6.41. The third-order valence-corrected chi connectivity index (χ3v) is 4.58. The van der Waals surface area contributed by atoms with E-state index < -0.39 is 5.91 Å². The van der Waals surface area contributed by atoms with Gasteiger partial charge in [0.25, 0.3) is 11.8 Å². The molecule has 0 aliphatic rings. The van der Waals surface area contributed by atoms with Crippen LogP contribution >= 0.6 is 31.9 Å². The van der Waals surface area contributed by atoms with E-state index in [1.807, 2.05) is 0 Å². The van der Waals surface area contributed by atoms with Gasteiger partial charge in [0.2, 0.25) is 0 Å². The molecule has 0 radical (unpaired) electrons. The molecule has 0 aliphatic heterocycles. The van der Waals surface area contributed by atoms with E-state index in [-0.39, 0.29) is 18.2 Å². The Morgan fingerprint density at radius 2 is 1.96 bits per heavy atom. The van der Waals surface area contributed by atoms with Crippen molar-refractivity contribution < 1.29 is 19.4 Å². The zero-order chi connectivity index (χ0) is 19.8. The number of phenolic OH excluding ortho intramolecular Hbond substituents is 1. The number of aromatic hydroxyl groups is 1. The molecule has 3 N–H and O–H groups in total. The summed E-state index contributed by atoms with van der Waals surface area (Å²) in [5.74, 6) is -0.548. The first kappa shape index (κ1) is 20.9. The fraction of sp³-hybridized carbons (Fsp3) is 0.167. The quantitative estimate of drug-likeness (QED) is 0.403. The number of hydrazone groups is 1. The molecule has 9 heteroatoms. The molecule has 0 aliphatic carbocycles. The lowest BCUT2D eigenvalue weighted by Gasteiger charge is -2.08. The second-order valence-electron chi connectivity index (χ2n) is 5.24. The summed E-state index contributed by atoms with van der Waals surface area (Å²) in [7, 11) is 0. The van der Waals surface area contributed by atoms with Gasteiger partial charge >= 0.3 is 0 Å². The molecule has 0 saturated heterocycles. The molecule has 2 aromatic rings. The highest BCUT2D eigenvalue weighted by Crippen LogP contribution is 2.35. The first-order valence-corrected chi connectivity index (χ1v) is 9.51. The molecule has 0 spiro atoms. The van der Waals surface area contributed by atoms with Gasteiger partial charge in [-0.25, -0.2) is 5.43 Å². The minimum atomic E-state index is -0.477. The van der Waals surface area contributed by atoms with Gasteiger partial charge < -0.3 is 15.2 Å². The minimum absolute atomic E-state index is 0.00665. The number of amides is 2. The molecule has 7 nitrogen and oxygen atoms in total. The molecule has 0 atom stereocenters. The van der Waals surface area contributed by atoms with Gasteiger partial charge in [0, 0.05) is 4.47 Å². The van der Waals surface area contributed by atoms with Crippen molar-refractivity contribution >= 4 is 49.9 Å². The normalized spacial score (nSPS) is 10.6. The lowest BCUT2D eigenvalue weighted by atomic mass is 10.2. The average Bonchev–Trinajstić information content (AvgIpc) is 2.64. The summed E-state index contributed by atoms with van der Waals surface area (Å²) in [5.41, 5.74) is 3.37. The summed E-state index contributed by atoms with van der Waals surface area (Å²) in [6, 6.07) is 10.1. The minimum Gasteiger partial charge on any atom is -0.503 e. The van der Waals surface area contributed by atoms with Crippen LogP contribution in [0.15, 0.2) is 50.4 Å². The Hall–Kier alpha value is -2.39. The van der Waals surface area contributed by atoms with E-state index in [9.17, 15) is 14.7 Å².